The van der Waals surface area contributed by atoms with Crippen molar-refractivity contribution < 1.29 is 13.2 Å². The molecule has 0 radical (unpaired) electrons. The number of rotatable bonds is 1. The summed E-state index contributed by atoms with van der Waals surface area (Å²) in [6, 6.07) is 2.41. The molecule has 1 nitrogen and oxygen atoms in total. The lowest BCUT2D eigenvalue weighted by Gasteiger charge is -2.07. The highest BCUT2D eigenvalue weighted by Gasteiger charge is 2.32. The molecule has 0 aliphatic rings. The lowest BCUT2D eigenvalue weighted by atomic mass is 10.3. The second-order valence-electron chi connectivity index (χ2n) is 2.28. The molecule has 0 atom stereocenters. The van der Waals surface area contributed by atoms with E-state index in [-0.39, 0.29) is 0 Å². The van der Waals surface area contributed by atoms with Gasteiger partial charge >= 0.3 is 6.18 Å². The van der Waals surface area contributed by atoms with Crippen molar-refractivity contribution in [1.29, 1.82) is 0 Å². The Morgan fingerprint density at radius 1 is 1.38 bits per heavy atom. The molecule has 6 heteroatoms. The van der Waals surface area contributed by atoms with Crippen LogP contribution in [-0.2, 0) is 11.5 Å². The summed E-state index contributed by atoms with van der Waals surface area (Å²) < 4.78 is 36.8. The lowest BCUT2D eigenvalue weighted by molar-refractivity contribution is -0.141. The van der Waals surface area contributed by atoms with E-state index >= 15 is 0 Å². The van der Waals surface area contributed by atoms with Crippen LogP contribution < -0.4 is 0 Å². The van der Waals surface area contributed by atoms with Crippen molar-refractivity contribution in [1.82, 2.24) is 4.98 Å². The molecule has 0 fully saturated rings. The molecule has 0 aromatic carbocycles. The molecule has 13 heavy (non-hydrogen) atoms. The first-order chi connectivity index (χ1) is 5.95. The summed E-state index contributed by atoms with van der Waals surface area (Å²) in [5.41, 5.74) is -0.0878. The van der Waals surface area contributed by atoms with Crippen molar-refractivity contribution in [3.05, 3.63) is 27.1 Å². The second-order valence-corrected chi connectivity index (χ2v) is 3.86. The summed E-state index contributed by atoms with van der Waals surface area (Å²) in [7, 11) is 0. The average molecular weight is 366 g/mol. The van der Waals surface area contributed by atoms with Gasteiger partial charge in [0, 0.05) is 5.33 Å². The summed E-state index contributed by atoms with van der Waals surface area (Å²) in [5, 5.41) is 0.510. The molecule has 0 amide bonds. The first-order valence-corrected chi connectivity index (χ1v) is 5.43. The first kappa shape index (κ1) is 11.2. The lowest BCUT2D eigenvalue weighted by Crippen LogP contribution is -2.09. The van der Waals surface area contributed by atoms with E-state index < -0.39 is 11.9 Å². The first-order valence-electron chi connectivity index (χ1n) is 3.23. The van der Waals surface area contributed by atoms with Crippen LogP contribution in [0.25, 0.3) is 0 Å². The highest BCUT2D eigenvalue weighted by molar-refractivity contribution is 14.1. The Kier molecular flexibility index (Phi) is 3.56. The molecule has 0 saturated heterocycles. The summed E-state index contributed by atoms with van der Waals surface area (Å²) in [5.74, 6) is 0. The Hall–Kier alpha value is 0.150. The van der Waals surface area contributed by atoms with E-state index in [1.54, 1.807) is 22.6 Å². The van der Waals surface area contributed by atoms with Gasteiger partial charge in [0.2, 0.25) is 0 Å². The SMILES string of the molecule is FC(F)(F)c1ccc(CBr)c(I)n1. The zero-order valence-electron chi connectivity index (χ0n) is 6.20. The summed E-state index contributed by atoms with van der Waals surface area (Å²) >= 11 is 4.94. The van der Waals surface area contributed by atoms with E-state index in [1.807, 2.05) is 0 Å². The van der Waals surface area contributed by atoms with E-state index in [0.29, 0.717) is 9.03 Å². The molecule has 1 heterocycles. The molecular weight excluding hydrogens is 362 g/mol. The average Bonchev–Trinajstić information content (AvgIpc) is 2.02. The summed E-state index contributed by atoms with van der Waals surface area (Å²) in [4.78, 5) is 3.45. The molecular formula is C7H4BrF3IN. The fraction of sp³-hybridized carbons (Fsp3) is 0.286. The maximum Gasteiger partial charge on any atom is 0.433 e. The Morgan fingerprint density at radius 2 is 2.00 bits per heavy atom. The molecule has 1 aromatic rings. The molecule has 0 aliphatic heterocycles. The van der Waals surface area contributed by atoms with Gasteiger partial charge in [-0.1, -0.05) is 22.0 Å². The molecule has 0 aliphatic carbocycles. The van der Waals surface area contributed by atoms with Crippen molar-refractivity contribution in [2.45, 2.75) is 11.5 Å². The minimum atomic E-state index is -4.36. The predicted molar refractivity (Wildman–Crippen MR) is 54.6 cm³/mol. The number of halogens is 5. The van der Waals surface area contributed by atoms with Gasteiger partial charge in [0.15, 0.2) is 0 Å². The predicted octanol–water partition coefficient (Wildman–Crippen LogP) is 3.60. The van der Waals surface area contributed by atoms with Crippen LogP contribution in [0.5, 0.6) is 0 Å². The highest BCUT2D eigenvalue weighted by atomic mass is 127. The smallest absolute Gasteiger partial charge is 0.237 e. The van der Waals surface area contributed by atoms with Crippen LogP contribution in [0.3, 0.4) is 0 Å². The fourth-order valence-corrected chi connectivity index (χ4v) is 2.33. The van der Waals surface area contributed by atoms with Gasteiger partial charge in [0.25, 0.3) is 0 Å². The molecule has 0 N–H and O–H groups in total. The maximum atomic E-state index is 12.1. The molecule has 0 saturated carbocycles. The molecule has 0 unspecified atom stereocenters. The normalized spacial score (nSPS) is 11.8. The fourth-order valence-electron chi connectivity index (χ4n) is 0.721. The van der Waals surface area contributed by atoms with Crippen molar-refractivity contribution in [3.63, 3.8) is 0 Å². The number of aromatic nitrogens is 1. The summed E-state index contributed by atoms with van der Waals surface area (Å²) in [6.45, 7) is 0. The van der Waals surface area contributed by atoms with Gasteiger partial charge in [-0.2, -0.15) is 13.2 Å². The van der Waals surface area contributed by atoms with Gasteiger partial charge in [-0.05, 0) is 34.2 Å². The maximum absolute atomic E-state index is 12.1. The Balaban J connectivity index is 3.10. The molecule has 1 rings (SSSR count). The Labute approximate surface area is 95.0 Å². The van der Waals surface area contributed by atoms with Crippen LogP contribution in [0.2, 0.25) is 0 Å². The second kappa shape index (κ2) is 4.12. The highest BCUT2D eigenvalue weighted by Crippen LogP contribution is 2.28. The summed E-state index contributed by atoms with van der Waals surface area (Å²) in [6.07, 6.45) is -4.36. The van der Waals surface area contributed by atoms with E-state index in [2.05, 4.69) is 20.9 Å². The monoisotopic (exact) mass is 365 g/mol. The number of hydrogen-bond donors (Lipinski definition) is 0. The van der Waals surface area contributed by atoms with Gasteiger partial charge in [0.05, 0.1) is 0 Å². The topological polar surface area (TPSA) is 12.9 Å². The number of pyridine rings is 1. The van der Waals surface area contributed by atoms with Crippen LogP contribution in [0.4, 0.5) is 13.2 Å². The molecule has 1 aromatic heterocycles. The van der Waals surface area contributed by atoms with E-state index in [1.165, 1.54) is 6.07 Å². The standard InChI is InChI=1S/C7H4BrF3IN/c8-3-4-1-2-5(7(9,10)11)13-6(4)12/h1-2H,3H2. The minimum absolute atomic E-state index is 0.379. The van der Waals surface area contributed by atoms with Gasteiger partial charge < -0.3 is 0 Å². The molecule has 0 bridgehead atoms. The zero-order valence-corrected chi connectivity index (χ0v) is 9.94. The number of alkyl halides is 4. The largest absolute Gasteiger partial charge is 0.433 e. The third-order valence-corrected chi connectivity index (χ3v) is 2.90. The van der Waals surface area contributed by atoms with E-state index in [0.717, 1.165) is 11.6 Å². The van der Waals surface area contributed by atoms with Gasteiger partial charge in [-0.25, -0.2) is 4.98 Å². The van der Waals surface area contributed by atoms with Crippen LogP contribution in [0.15, 0.2) is 12.1 Å². The van der Waals surface area contributed by atoms with Crippen LogP contribution in [-0.4, -0.2) is 4.98 Å². The van der Waals surface area contributed by atoms with Crippen molar-refractivity contribution in [2.75, 3.05) is 0 Å². The van der Waals surface area contributed by atoms with Gasteiger partial charge in [0.1, 0.15) is 9.39 Å². The third-order valence-electron chi connectivity index (χ3n) is 1.36. The quantitative estimate of drug-likeness (QED) is 0.421. The molecule has 72 valence electrons. The van der Waals surface area contributed by atoms with E-state index in [9.17, 15) is 13.2 Å². The van der Waals surface area contributed by atoms with E-state index in [4.69, 9.17) is 0 Å². The third kappa shape index (κ3) is 2.80. The Bertz CT molecular complexity index is 313. The molecule has 0 spiro atoms. The van der Waals surface area contributed by atoms with Crippen molar-refractivity contribution in [2.24, 2.45) is 0 Å². The van der Waals surface area contributed by atoms with Gasteiger partial charge in [-0.15, -0.1) is 0 Å². The Morgan fingerprint density at radius 3 is 2.38 bits per heavy atom. The zero-order chi connectivity index (χ0) is 10.1. The number of hydrogen-bond acceptors (Lipinski definition) is 1. The van der Waals surface area contributed by atoms with Crippen LogP contribution >= 0.6 is 38.5 Å². The van der Waals surface area contributed by atoms with Gasteiger partial charge in [-0.3, -0.25) is 0 Å². The van der Waals surface area contributed by atoms with Crippen molar-refractivity contribution >= 4 is 38.5 Å². The van der Waals surface area contributed by atoms with Crippen molar-refractivity contribution in [3.8, 4) is 0 Å². The minimum Gasteiger partial charge on any atom is -0.237 e. The van der Waals surface area contributed by atoms with Crippen LogP contribution in [0.1, 0.15) is 11.3 Å². The number of nitrogens with zero attached hydrogens (tertiary/aromatic N) is 1. The van der Waals surface area contributed by atoms with Crippen LogP contribution in [0, 0.1) is 3.70 Å².